The van der Waals surface area contributed by atoms with Gasteiger partial charge in [-0.3, -0.25) is 0 Å². The van der Waals surface area contributed by atoms with Crippen LogP contribution in [0.5, 0.6) is 0 Å². The molecule has 5 nitrogen and oxygen atoms in total. The predicted octanol–water partition coefficient (Wildman–Crippen LogP) is 0.945. The molecule has 6 heteroatoms. The molecule has 2 aliphatic heterocycles. The molecule has 19 heavy (non-hydrogen) atoms. The van der Waals surface area contributed by atoms with Gasteiger partial charge in [0.25, 0.3) is 0 Å². The average molecular weight is 290 g/mol. The van der Waals surface area contributed by atoms with E-state index in [2.05, 4.69) is 0 Å². The van der Waals surface area contributed by atoms with Crippen molar-refractivity contribution in [2.75, 3.05) is 25.4 Å². The monoisotopic (exact) mass is 290 g/mol. The molecule has 0 aromatic rings. The highest BCUT2D eigenvalue weighted by molar-refractivity contribution is 7.89. The summed E-state index contributed by atoms with van der Waals surface area (Å²) >= 11 is 0. The normalized spacial score (nSPS) is 29.3. The van der Waals surface area contributed by atoms with Crippen LogP contribution in [0.2, 0.25) is 0 Å². The van der Waals surface area contributed by atoms with Gasteiger partial charge in [-0.15, -0.1) is 0 Å². The quantitative estimate of drug-likeness (QED) is 0.836. The Balaban J connectivity index is 1.86. The van der Waals surface area contributed by atoms with E-state index in [1.807, 2.05) is 6.92 Å². The lowest BCUT2D eigenvalue weighted by molar-refractivity contribution is 0.0297. The maximum absolute atomic E-state index is 12.3. The number of hydrogen-bond donors (Lipinski definition) is 1. The Hall–Kier alpha value is -0.170. The van der Waals surface area contributed by atoms with Crippen LogP contribution in [0.4, 0.5) is 0 Å². The lowest BCUT2D eigenvalue weighted by Crippen LogP contribution is -2.45. The SMILES string of the molecule is CC(N)C1CCN(S(=O)(=O)CC2CCCCO2)CC1. The van der Waals surface area contributed by atoms with Crippen molar-refractivity contribution in [1.29, 1.82) is 0 Å². The molecule has 2 saturated heterocycles. The number of sulfonamides is 1. The summed E-state index contributed by atoms with van der Waals surface area (Å²) in [6, 6.07) is 0.159. The van der Waals surface area contributed by atoms with E-state index in [0.29, 0.717) is 25.6 Å². The summed E-state index contributed by atoms with van der Waals surface area (Å²) in [5, 5.41) is 0. The van der Waals surface area contributed by atoms with Crippen LogP contribution in [0, 0.1) is 5.92 Å². The van der Waals surface area contributed by atoms with E-state index in [1.165, 1.54) is 0 Å². The van der Waals surface area contributed by atoms with Crippen LogP contribution in [0.1, 0.15) is 39.0 Å². The van der Waals surface area contributed by atoms with Gasteiger partial charge >= 0.3 is 0 Å². The largest absolute Gasteiger partial charge is 0.377 e. The van der Waals surface area contributed by atoms with Gasteiger partial charge in [0.2, 0.25) is 10.0 Å². The Kier molecular flexibility index (Phi) is 5.22. The molecule has 2 heterocycles. The molecule has 0 spiro atoms. The maximum Gasteiger partial charge on any atom is 0.216 e. The van der Waals surface area contributed by atoms with Crippen LogP contribution in [0.15, 0.2) is 0 Å². The summed E-state index contributed by atoms with van der Waals surface area (Å²) in [5.41, 5.74) is 5.88. The van der Waals surface area contributed by atoms with Crippen LogP contribution in [-0.2, 0) is 14.8 Å². The molecule has 0 bridgehead atoms. The molecule has 0 saturated carbocycles. The van der Waals surface area contributed by atoms with E-state index in [9.17, 15) is 8.42 Å². The topological polar surface area (TPSA) is 72.6 Å². The van der Waals surface area contributed by atoms with Crippen molar-refractivity contribution >= 4 is 10.0 Å². The van der Waals surface area contributed by atoms with Crippen molar-refractivity contribution < 1.29 is 13.2 Å². The molecule has 0 aromatic heterocycles. The first-order valence-corrected chi connectivity index (χ1v) is 8.95. The number of nitrogens with two attached hydrogens (primary N) is 1. The first kappa shape index (κ1) is 15.2. The van der Waals surface area contributed by atoms with E-state index < -0.39 is 10.0 Å². The van der Waals surface area contributed by atoms with Gasteiger partial charge in [-0.2, -0.15) is 0 Å². The van der Waals surface area contributed by atoms with Crippen molar-refractivity contribution in [3.05, 3.63) is 0 Å². The molecule has 0 amide bonds. The van der Waals surface area contributed by atoms with Gasteiger partial charge in [0, 0.05) is 25.7 Å². The Labute approximate surface area is 116 Å². The van der Waals surface area contributed by atoms with Gasteiger partial charge in [-0.1, -0.05) is 0 Å². The minimum Gasteiger partial charge on any atom is -0.377 e. The number of nitrogens with zero attached hydrogens (tertiary/aromatic N) is 1. The number of hydrogen-bond acceptors (Lipinski definition) is 4. The Morgan fingerprint density at radius 1 is 1.26 bits per heavy atom. The minimum atomic E-state index is -3.16. The van der Waals surface area contributed by atoms with Gasteiger partial charge < -0.3 is 10.5 Å². The van der Waals surface area contributed by atoms with Crippen molar-refractivity contribution in [2.45, 2.75) is 51.2 Å². The zero-order chi connectivity index (χ0) is 13.9. The highest BCUT2D eigenvalue weighted by atomic mass is 32.2. The fraction of sp³-hybridized carbons (Fsp3) is 1.00. The van der Waals surface area contributed by atoms with Crippen LogP contribution in [0.3, 0.4) is 0 Å². The second kappa shape index (κ2) is 6.52. The van der Waals surface area contributed by atoms with Crippen LogP contribution < -0.4 is 5.73 Å². The smallest absolute Gasteiger partial charge is 0.216 e. The van der Waals surface area contributed by atoms with Crippen molar-refractivity contribution in [3.8, 4) is 0 Å². The highest BCUT2D eigenvalue weighted by Crippen LogP contribution is 2.23. The Bertz CT molecular complexity index is 369. The fourth-order valence-electron chi connectivity index (χ4n) is 2.96. The molecule has 2 aliphatic rings. The predicted molar refractivity (Wildman–Crippen MR) is 75.3 cm³/mol. The van der Waals surface area contributed by atoms with E-state index in [4.69, 9.17) is 10.5 Å². The summed E-state index contributed by atoms with van der Waals surface area (Å²) < 4.78 is 31.9. The van der Waals surface area contributed by atoms with E-state index in [-0.39, 0.29) is 17.9 Å². The zero-order valence-electron chi connectivity index (χ0n) is 11.8. The van der Waals surface area contributed by atoms with E-state index >= 15 is 0 Å². The summed E-state index contributed by atoms with van der Waals surface area (Å²) in [6.07, 6.45) is 4.65. The van der Waals surface area contributed by atoms with Crippen molar-refractivity contribution in [2.24, 2.45) is 11.7 Å². The number of ether oxygens (including phenoxy) is 1. The molecule has 2 unspecified atom stereocenters. The third-order valence-electron chi connectivity index (χ3n) is 4.31. The lowest BCUT2D eigenvalue weighted by atomic mass is 9.92. The summed E-state index contributed by atoms with van der Waals surface area (Å²) in [4.78, 5) is 0. The summed E-state index contributed by atoms with van der Waals surface area (Å²) in [5.74, 6) is 0.605. The maximum atomic E-state index is 12.3. The van der Waals surface area contributed by atoms with Gasteiger partial charge in [0.05, 0.1) is 11.9 Å². The molecular weight excluding hydrogens is 264 g/mol. The molecule has 0 aliphatic carbocycles. The van der Waals surface area contributed by atoms with Crippen LogP contribution >= 0.6 is 0 Å². The second-order valence-corrected chi connectivity index (χ2v) is 7.88. The number of rotatable bonds is 4. The van der Waals surface area contributed by atoms with Gasteiger partial charge in [0.1, 0.15) is 0 Å². The average Bonchev–Trinajstić information content (AvgIpc) is 2.39. The van der Waals surface area contributed by atoms with Gasteiger partial charge in [-0.05, 0) is 44.9 Å². The molecular formula is C13H26N2O3S. The minimum absolute atomic E-state index is 0.107. The second-order valence-electron chi connectivity index (χ2n) is 5.86. The Morgan fingerprint density at radius 3 is 2.47 bits per heavy atom. The van der Waals surface area contributed by atoms with E-state index in [0.717, 1.165) is 32.1 Å². The molecule has 0 aromatic carbocycles. The van der Waals surface area contributed by atoms with Gasteiger partial charge in [-0.25, -0.2) is 12.7 Å². The Morgan fingerprint density at radius 2 is 1.95 bits per heavy atom. The fourth-order valence-corrected chi connectivity index (χ4v) is 4.67. The van der Waals surface area contributed by atoms with Crippen LogP contribution in [0.25, 0.3) is 0 Å². The third-order valence-corrected chi connectivity index (χ3v) is 6.25. The number of piperidine rings is 1. The van der Waals surface area contributed by atoms with Crippen LogP contribution in [-0.4, -0.2) is 50.3 Å². The van der Waals surface area contributed by atoms with E-state index in [1.54, 1.807) is 4.31 Å². The van der Waals surface area contributed by atoms with Gasteiger partial charge in [0.15, 0.2) is 0 Å². The molecule has 2 N–H and O–H groups in total. The standard InChI is InChI=1S/C13H26N2O3S/c1-11(14)12-5-7-15(8-6-12)19(16,17)10-13-4-2-3-9-18-13/h11-13H,2-10,14H2,1H3. The lowest BCUT2D eigenvalue weighted by Gasteiger charge is -2.34. The molecule has 2 atom stereocenters. The third kappa shape index (κ3) is 4.15. The molecule has 0 radical (unpaired) electrons. The highest BCUT2D eigenvalue weighted by Gasteiger charge is 2.31. The zero-order valence-corrected chi connectivity index (χ0v) is 12.6. The summed E-state index contributed by atoms with van der Waals surface area (Å²) in [6.45, 7) is 3.93. The van der Waals surface area contributed by atoms with Crippen molar-refractivity contribution in [1.82, 2.24) is 4.31 Å². The first-order valence-electron chi connectivity index (χ1n) is 7.34. The summed E-state index contributed by atoms with van der Waals surface area (Å²) in [7, 11) is -3.16. The molecule has 2 rings (SSSR count). The first-order chi connectivity index (χ1) is 8.99. The molecule has 2 fully saturated rings. The molecule has 112 valence electrons. The van der Waals surface area contributed by atoms with Crippen molar-refractivity contribution in [3.63, 3.8) is 0 Å².